The molecule has 0 heterocycles. The van der Waals surface area contributed by atoms with E-state index < -0.39 is 0 Å². The van der Waals surface area contributed by atoms with Crippen molar-refractivity contribution in [1.29, 1.82) is 0 Å². The molecule has 3 heteroatoms. The highest BCUT2D eigenvalue weighted by molar-refractivity contribution is 5.89. The first-order valence-corrected chi connectivity index (χ1v) is 4.69. The Morgan fingerprint density at radius 1 is 1.69 bits per heavy atom. The molecule has 0 saturated heterocycles. The van der Waals surface area contributed by atoms with E-state index in [9.17, 15) is 9.90 Å². The molecule has 0 amide bonds. The minimum absolute atomic E-state index is 0.216. The summed E-state index contributed by atoms with van der Waals surface area (Å²) in [6.07, 6.45) is 1.64. The van der Waals surface area contributed by atoms with Crippen LogP contribution < -0.4 is 0 Å². The Labute approximate surface area is 78.4 Å². The standard InChI is InChI=1S/C10H16O3/c1-3-13-10(12)9-5-4-8(11)6-7(9)2/h8,11H,3-6H2,1-2H3. The molecule has 0 saturated carbocycles. The summed E-state index contributed by atoms with van der Waals surface area (Å²) in [7, 11) is 0. The van der Waals surface area contributed by atoms with Crippen LogP contribution >= 0.6 is 0 Å². The van der Waals surface area contributed by atoms with Crippen LogP contribution in [-0.2, 0) is 9.53 Å². The number of carbonyl (C=O) groups excluding carboxylic acids is 1. The van der Waals surface area contributed by atoms with Gasteiger partial charge < -0.3 is 9.84 Å². The van der Waals surface area contributed by atoms with E-state index in [0.717, 1.165) is 11.1 Å². The number of esters is 1. The number of hydrogen-bond acceptors (Lipinski definition) is 3. The molecule has 1 aliphatic rings. The van der Waals surface area contributed by atoms with Gasteiger partial charge in [-0.2, -0.15) is 0 Å². The summed E-state index contributed by atoms with van der Waals surface area (Å²) in [6, 6.07) is 0. The van der Waals surface area contributed by atoms with Crippen molar-refractivity contribution in [1.82, 2.24) is 0 Å². The van der Waals surface area contributed by atoms with E-state index in [1.807, 2.05) is 6.92 Å². The van der Waals surface area contributed by atoms with Crippen molar-refractivity contribution < 1.29 is 14.6 Å². The highest BCUT2D eigenvalue weighted by Crippen LogP contribution is 2.25. The van der Waals surface area contributed by atoms with Crippen LogP contribution in [0.2, 0.25) is 0 Å². The molecule has 1 N–H and O–H groups in total. The third kappa shape index (κ3) is 2.56. The second kappa shape index (κ2) is 4.42. The molecule has 0 bridgehead atoms. The van der Waals surface area contributed by atoms with Crippen molar-refractivity contribution in [3.05, 3.63) is 11.1 Å². The van der Waals surface area contributed by atoms with E-state index in [1.165, 1.54) is 0 Å². The number of rotatable bonds is 2. The lowest BCUT2D eigenvalue weighted by molar-refractivity contribution is -0.138. The fraction of sp³-hybridized carbons (Fsp3) is 0.700. The third-order valence-electron chi connectivity index (χ3n) is 2.31. The molecule has 0 radical (unpaired) electrons. The lowest BCUT2D eigenvalue weighted by atomic mass is 9.91. The maximum absolute atomic E-state index is 11.4. The van der Waals surface area contributed by atoms with Crippen LogP contribution in [0.25, 0.3) is 0 Å². The number of carbonyl (C=O) groups is 1. The monoisotopic (exact) mass is 184 g/mol. The summed E-state index contributed by atoms with van der Waals surface area (Å²) < 4.78 is 4.91. The van der Waals surface area contributed by atoms with Gasteiger partial charge in [0, 0.05) is 5.57 Å². The van der Waals surface area contributed by atoms with Crippen LogP contribution in [0.4, 0.5) is 0 Å². The molecule has 13 heavy (non-hydrogen) atoms. The van der Waals surface area contributed by atoms with E-state index in [0.29, 0.717) is 25.9 Å². The van der Waals surface area contributed by atoms with E-state index in [4.69, 9.17) is 4.74 Å². The van der Waals surface area contributed by atoms with Gasteiger partial charge in [-0.25, -0.2) is 4.79 Å². The van der Waals surface area contributed by atoms with Crippen LogP contribution in [0.15, 0.2) is 11.1 Å². The van der Waals surface area contributed by atoms with Crippen molar-refractivity contribution >= 4 is 5.97 Å². The smallest absolute Gasteiger partial charge is 0.333 e. The maximum Gasteiger partial charge on any atom is 0.333 e. The summed E-state index contributed by atoms with van der Waals surface area (Å²) in [5.74, 6) is -0.216. The summed E-state index contributed by atoms with van der Waals surface area (Å²) in [4.78, 5) is 11.4. The molecule has 1 rings (SSSR count). The molecule has 74 valence electrons. The predicted molar refractivity (Wildman–Crippen MR) is 49.2 cm³/mol. The number of aliphatic hydroxyl groups excluding tert-OH is 1. The first-order chi connectivity index (χ1) is 6.15. The van der Waals surface area contributed by atoms with Crippen LogP contribution in [0, 0.1) is 0 Å². The van der Waals surface area contributed by atoms with Crippen LogP contribution in [0.1, 0.15) is 33.1 Å². The highest BCUT2D eigenvalue weighted by Gasteiger charge is 2.21. The van der Waals surface area contributed by atoms with Crippen molar-refractivity contribution in [3.8, 4) is 0 Å². The van der Waals surface area contributed by atoms with Gasteiger partial charge in [-0.15, -0.1) is 0 Å². The lowest BCUT2D eigenvalue weighted by Gasteiger charge is -2.20. The molecular weight excluding hydrogens is 168 g/mol. The zero-order chi connectivity index (χ0) is 9.84. The first kappa shape index (κ1) is 10.3. The van der Waals surface area contributed by atoms with Gasteiger partial charge in [-0.05, 0) is 33.1 Å². The Morgan fingerprint density at radius 2 is 2.38 bits per heavy atom. The predicted octanol–water partition coefficient (Wildman–Crippen LogP) is 1.41. The fourth-order valence-electron chi connectivity index (χ4n) is 1.60. The molecule has 1 aliphatic carbocycles. The minimum atomic E-state index is -0.279. The molecule has 0 aromatic carbocycles. The zero-order valence-corrected chi connectivity index (χ0v) is 8.17. The van der Waals surface area contributed by atoms with Gasteiger partial charge in [-0.3, -0.25) is 0 Å². The van der Waals surface area contributed by atoms with Crippen molar-refractivity contribution in [2.45, 2.75) is 39.2 Å². The first-order valence-electron chi connectivity index (χ1n) is 4.69. The average molecular weight is 184 g/mol. The van der Waals surface area contributed by atoms with Gasteiger partial charge in [0.1, 0.15) is 0 Å². The Kier molecular flexibility index (Phi) is 3.48. The van der Waals surface area contributed by atoms with Crippen molar-refractivity contribution in [2.24, 2.45) is 0 Å². The van der Waals surface area contributed by atoms with Crippen molar-refractivity contribution in [2.75, 3.05) is 6.61 Å². The van der Waals surface area contributed by atoms with Gasteiger partial charge in [-0.1, -0.05) is 5.57 Å². The molecule has 1 atom stereocenters. The summed E-state index contributed by atoms with van der Waals surface area (Å²) in [5, 5.41) is 9.32. The Morgan fingerprint density at radius 3 is 2.92 bits per heavy atom. The van der Waals surface area contributed by atoms with Crippen LogP contribution in [0.5, 0.6) is 0 Å². The molecular formula is C10H16O3. The van der Waals surface area contributed by atoms with Crippen LogP contribution in [-0.4, -0.2) is 23.8 Å². The number of hydrogen-bond donors (Lipinski definition) is 1. The second-order valence-electron chi connectivity index (χ2n) is 3.38. The SMILES string of the molecule is CCOC(=O)C1=C(C)CC(O)CC1. The molecule has 0 aliphatic heterocycles. The van der Waals surface area contributed by atoms with Gasteiger partial charge >= 0.3 is 5.97 Å². The quantitative estimate of drug-likeness (QED) is 0.660. The Bertz CT molecular complexity index is 230. The second-order valence-corrected chi connectivity index (χ2v) is 3.38. The van der Waals surface area contributed by atoms with Gasteiger partial charge in [0.15, 0.2) is 0 Å². The highest BCUT2D eigenvalue weighted by atomic mass is 16.5. The molecule has 0 spiro atoms. The number of aliphatic hydroxyl groups is 1. The summed E-state index contributed by atoms with van der Waals surface area (Å²) in [6.45, 7) is 4.10. The summed E-state index contributed by atoms with van der Waals surface area (Å²) in [5.41, 5.74) is 1.73. The van der Waals surface area contributed by atoms with E-state index >= 15 is 0 Å². The number of ether oxygens (including phenoxy) is 1. The summed E-state index contributed by atoms with van der Waals surface area (Å²) >= 11 is 0. The van der Waals surface area contributed by atoms with Gasteiger partial charge in [0.2, 0.25) is 0 Å². The molecule has 3 nitrogen and oxygen atoms in total. The topological polar surface area (TPSA) is 46.5 Å². The fourth-order valence-corrected chi connectivity index (χ4v) is 1.60. The van der Waals surface area contributed by atoms with E-state index in [2.05, 4.69) is 0 Å². The Hall–Kier alpha value is -0.830. The minimum Gasteiger partial charge on any atom is -0.463 e. The third-order valence-corrected chi connectivity index (χ3v) is 2.31. The normalized spacial score (nSPS) is 23.2. The van der Waals surface area contributed by atoms with Gasteiger partial charge in [0.25, 0.3) is 0 Å². The van der Waals surface area contributed by atoms with Crippen LogP contribution in [0.3, 0.4) is 0 Å². The lowest BCUT2D eigenvalue weighted by Crippen LogP contribution is -2.19. The van der Waals surface area contributed by atoms with Gasteiger partial charge in [0.05, 0.1) is 12.7 Å². The van der Waals surface area contributed by atoms with E-state index in [-0.39, 0.29) is 12.1 Å². The molecule has 0 aromatic heterocycles. The molecule has 0 fully saturated rings. The maximum atomic E-state index is 11.4. The molecule has 1 unspecified atom stereocenters. The Balaban J connectivity index is 2.67. The van der Waals surface area contributed by atoms with E-state index in [1.54, 1.807) is 6.92 Å². The zero-order valence-electron chi connectivity index (χ0n) is 8.17. The van der Waals surface area contributed by atoms with Crippen molar-refractivity contribution in [3.63, 3.8) is 0 Å². The largest absolute Gasteiger partial charge is 0.463 e. The molecule has 0 aromatic rings. The average Bonchev–Trinajstić information content (AvgIpc) is 2.04.